The molecule has 2 fully saturated rings. The molecule has 5 N–H and O–H groups in total. The molecule has 12 nitrogen and oxygen atoms in total. The number of nitrogens with zero attached hydrogens (tertiary/aromatic N) is 2. The van der Waals surface area contributed by atoms with E-state index in [1.807, 2.05) is 35.7 Å². The molecule has 1 aromatic carbocycles. The van der Waals surface area contributed by atoms with Crippen LogP contribution in [-0.4, -0.2) is 101 Å². The van der Waals surface area contributed by atoms with Crippen molar-refractivity contribution in [3.63, 3.8) is 0 Å². The summed E-state index contributed by atoms with van der Waals surface area (Å²) in [6, 6.07) is 7.73. The number of aromatic nitrogens is 1. The summed E-state index contributed by atoms with van der Waals surface area (Å²) in [4.78, 5) is 60.5. The van der Waals surface area contributed by atoms with Crippen LogP contribution >= 0.6 is 11.3 Å². The van der Waals surface area contributed by atoms with Gasteiger partial charge in [0.1, 0.15) is 6.04 Å². The van der Waals surface area contributed by atoms with Gasteiger partial charge in [0.15, 0.2) is 0 Å². The van der Waals surface area contributed by atoms with Crippen LogP contribution in [0.3, 0.4) is 0 Å². The fourth-order valence-corrected chi connectivity index (χ4v) is 7.60. The molecule has 1 aliphatic heterocycles. The van der Waals surface area contributed by atoms with Gasteiger partial charge in [-0.2, -0.15) is 0 Å². The lowest BCUT2D eigenvalue weighted by Crippen LogP contribution is -2.56. The van der Waals surface area contributed by atoms with E-state index in [2.05, 4.69) is 20.9 Å². The predicted octanol–water partition coefficient (Wildman–Crippen LogP) is 2.62. The molecule has 2 aromatic rings. The van der Waals surface area contributed by atoms with Gasteiger partial charge in [0.2, 0.25) is 23.6 Å². The Morgan fingerprint density at radius 1 is 1.00 bits per heavy atom. The molecule has 0 spiro atoms. The number of benzene rings is 1. The van der Waals surface area contributed by atoms with E-state index in [-0.39, 0.29) is 31.1 Å². The molecule has 4 rings (SSSR count). The van der Waals surface area contributed by atoms with Gasteiger partial charge >= 0.3 is 0 Å². The fourth-order valence-electron chi connectivity index (χ4n) is 7.03. The quantitative estimate of drug-likeness (QED) is 0.167. The van der Waals surface area contributed by atoms with Gasteiger partial charge in [-0.15, -0.1) is 11.3 Å². The van der Waals surface area contributed by atoms with Crippen LogP contribution in [0.15, 0.2) is 41.2 Å². The minimum atomic E-state index is -1.41. The average Bonchev–Trinajstić information content (AvgIpc) is 3.63. The Kier molecular flexibility index (Phi) is 15.2. The summed E-state index contributed by atoms with van der Waals surface area (Å²) in [6.07, 6.45) is 4.95. The highest BCUT2D eigenvalue weighted by molar-refractivity contribution is 7.07. The second-order valence-corrected chi connectivity index (χ2v) is 15.0. The Labute approximate surface area is 299 Å². The monoisotopic (exact) mass is 713 g/mol. The van der Waals surface area contributed by atoms with E-state index in [9.17, 15) is 29.4 Å². The fraction of sp³-hybridized carbons (Fsp3) is 0.649. The van der Waals surface area contributed by atoms with Crippen molar-refractivity contribution in [2.24, 2.45) is 17.8 Å². The van der Waals surface area contributed by atoms with E-state index in [0.29, 0.717) is 44.8 Å². The first-order valence-corrected chi connectivity index (χ1v) is 18.9. The van der Waals surface area contributed by atoms with Crippen LogP contribution in [0.5, 0.6) is 0 Å². The number of nitrogens with one attached hydrogen (secondary N) is 3. The number of carbonyl (C=O) groups is 4. The first kappa shape index (κ1) is 39.4. The van der Waals surface area contributed by atoms with Crippen LogP contribution in [0.2, 0.25) is 0 Å². The third-order valence-electron chi connectivity index (χ3n) is 10.0. The molecule has 276 valence electrons. The van der Waals surface area contributed by atoms with Gasteiger partial charge in [-0.3, -0.25) is 19.2 Å². The molecule has 1 unspecified atom stereocenters. The van der Waals surface area contributed by atoms with Crippen LogP contribution in [0.1, 0.15) is 76.5 Å². The van der Waals surface area contributed by atoms with Crippen molar-refractivity contribution in [1.29, 1.82) is 0 Å². The van der Waals surface area contributed by atoms with Gasteiger partial charge < -0.3 is 35.8 Å². The predicted molar refractivity (Wildman–Crippen MR) is 191 cm³/mol. The van der Waals surface area contributed by atoms with Crippen LogP contribution in [0.4, 0.5) is 0 Å². The molecule has 2 heterocycles. The number of rotatable bonds is 17. The summed E-state index contributed by atoms with van der Waals surface area (Å²) in [5.74, 6) is -2.82. The van der Waals surface area contributed by atoms with E-state index in [1.54, 1.807) is 10.4 Å². The van der Waals surface area contributed by atoms with Gasteiger partial charge in [0.05, 0.1) is 54.0 Å². The van der Waals surface area contributed by atoms with Crippen LogP contribution in [0.25, 0.3) is 0 Å². The molecular formula is C37H55N5O7S. The number of thiazole rings is 1. The largest absolute Gasteiger partial charge is 0.391 e. The van der Waals surface area contributed by atoms with Gasteiger partial charge in [-0.25, -0.2) is 4.98 Å². The van der Waals surface area contributed by atoms with E-state index >= 15 is 0 Å². The van der Waals surface area contributed by atoms with Crippen molar-refractivity contribution >= 4 is 35.0 Å². The maximum atomic E-state index is 14.2. The van der Waals surface area contributed by atoms with Gasteiger partial charge in [0.25, 0.3) is 0 Å². The average molecular weight is 714 g/mol. The number of hydrogen-bond acceptors (Lipinski definition) is 9. The van der Waals surface area contributed by atoms with Gasteiger partial charge in [-0.1, -0.05) is 62.4 Å². The maximum Gasteiger partial charge on any atom is 0.243 e. The molecule has 0 bridgehead atoms. The molecule has 5 atom stereocenters. The normalized spacial score (nSPS) is 18.7. The zero-order valence-electron chi connectivity index (χ0n) is 29.6. The van der Waals surface area contributed by atoms with Crippen LogP contribution < -0.4 is 16.0 Å². The van der Waals surface area contributed by atoms with Crippen molar-refractivity contribution in [2.45, 2.75) is 102 Å². The lowest BCUT2D eigenvalue weighted by molar-refractivity contribution is -0.140. The standard InChI is InChI=1S/C37H55N5O7S/c1-37(2,48)29(35(46)38-3)22-32(43)30(19-26-12-8-5-9-13-26)40-36(47)31(21-28-23-50-24-39-28)41-34(45)27(18-25-10-6-4-7-11-25)20-33(44)42-14-16-49-17-15-42/h4,6-7,10-11,23-24,26-27,29-32,43,48H,5,8-9,12-22H2,1-3H3,(H,38,46)(H,40,47)(H,41,45)/t27?,29-,30+,31+,32+/m1/s1. The highest BCUT2D eigenvalue weighted by atomic mass is 32.1. The van der Waals surface area contributed by atoms with Gasteiger partial charge in [-0.05, 0) is 44.6 Å². The number of hydrogen-bond donors (Lipinski definition) is 5. The zero-order valence-corrected chi connectivity index (χ0v) is 30.5. The van der Waals surface area contributed by atoms with Crippen molar-refractivity contribution in [2.75, 3.05) is 33.4 Å². The van der Waals surface area contributed by atoms with Crippen molar-refractivity contribution in [1.82, 2.24) is 25.8 Å². The lowest BCUT2D eigenvalue weighted by Gasteiger charge is -2.35. The highest BCUT2D eigenvalue weighted by Gasteiger charge is 2.38. The number of amides is 4. The molecule has 2 aliphatic rings. The Balaban J connectivity index is 1.56. The SMILES string of the molecule is CNC(=O)[C@@H](C[C@H](O)[C@H](CC1CCCCC1)NC(=O)[C@H](Cc1cscn1)NC(=O)C(CC(=O)N1CCOCC1)Cc1ccccc1)C(C)(C)O. The third-order valence-corrected chi connectivity index (χ3v) is 10.6. The lowest BCUT2D eigenvalue weighted by atomic mass is 9.80. The van der Waals surface area contributed by atoms with E-state index < -0.39 is 53.3 Å². The Morgan fingerprint density at radius 3 is 2.32 bits per heavy atom. The molecule has 1 aliphatic carbocycles. The molecule has 13 heteroatoms. The third kappa shape index (κ3) is 12.1. The molecule has 1 aromatic heterocycles. The second-order valence-electron chi connectivity index (χ2n) is 14.3. The summed E-state index contributed by atoms with van der Waals surface area (Å²) >= 11 is 1.38. The molecule has 50 heavy (non-hydrogen) atoms. The van der Waals surface area contributed by atoms with Crippen LogP contribution in [0, 0.1) is 17.8 Å². The highest BCUT2D eigenvalue weighted by Crippen LogP contribution is 2.30. The summed E-state index contributed by atoms with van der Waals surface area (Å²) in [6.45, 7) is 4.89. The van der Waals surface area contributed by atoms with E-state index in [4.69, 9.17) is 4.74 Å². The first-order chi connectivity index (χ1) is 23.9. The van der Waals surface area contributed by atoms with Crippen LogP contribution in [-0.2, 0) is 36.8 Å². The molecule has 1 saturated carbocycles. The first-order valence-electron chi connectivity index (χ1n) is 17.9. The smallest absolute Gasteiger partial charge is 0.243 e. The second kappa shape index (κ2) is 19.3. The topological polar surface area (TPSA) is 170 Å². The Hall–Kier alpha value is -3.39. The summed E-state index contributed by atoms with van der Waals surface area (Å²) < 4.78 is 5.41. The summed E-state index contributed by atoms with van der Waals surface area (Å²) in [7, 11) is 1.49. The molecule has 1 saturated heterocycles. The number of carbonyl (C=O) groups excluding carboxylic acids is 4. The molecule has 4 amide bonds. The molecule has 0 radical (unpaired) electrons. The summed E-state index contributed by atoms with van der Waals surface area (Å²) in [5.41, 5.74) is 1.78. The molecular weight excluding hydrogens is 659 g/mol. The summed E-state index contributed by atoms with van der Waals surface area (Å²) in [5, 5.41) is 32.8. The Morgan fingerprint density at radius 2 is 1.70 bits per heavy atom. The van der Waals surface area contributed by atoms with Crippen molar-refractivity contribution in [3.8, 4) is 0 Å². The van der Waals surface area contributed by atoms with Gasteiger partial charge in [0, 0.05) is 38.4 Å². The number of aliphatic hydroxyl groups is 2. The van der Waals surface area contributed by atoms with Crippen molar-refractivity contribution in [3.05, 3.63) is 52.5 Å². The van der Waals surface area contributed by atoms with E-state index in [1.165, 1.54) is 32.2 Å². The minimum absolute atomic E-state index is 0.0212. The Bertz CT molecular complexity index is 1360. The number of aliphatic hydroxyl groups excluding tert-OH is 1. The van der Waals surface area contributed by atoms with Crippen molar-refractivity contribution < 1.29 is 34.1 Å². The van der Waals surface area contributed by atoms with E-state index in [0.717, 1.165) is 37.7 Å². The minimum Gasteiger partial charge on any atom is -0.391 e. The zero-order chi connectivity index (χ0) is 36.1. The number of morpholine rings is 1. The number of ether oxygens (including phenoxy) is 1. The maximum absolute atomic E-state index is 14.2.